The molecule has 0 bridgehead atoms. The molecule has 1 aliphatic heterocycles. The van der Waals surface area contributed by atoms with Gasteiger partial charge in [-0.3, -0.25) is 19.3 Å². The Bertz CT molecular complexity index is 1140. The third-order valence-electron chi connectivity index (χ3n) is 4.70. The minimum atomic E-state index is -0.787. The number of ether oxygens (including phenoxy) is 2. The lowest BCUT2D eigenvalue weighted by Gasteiger charge is -2.13. The highest BCUT2D eigenvalue weighted by Gasteiger charge is 2.36. The highest BCUT2D eigenvalue weighted by molar-refractivity contribution is 6.22. The molecule has 2 aromatic carbocycles. The van der Waals surface area contributed by atoms with Crippen LogP contribution < -0.4 is 0 Å². The van der Waals surface area contributed by atoms with E-state index in [2.05, 4.69) is 0 Å². The Balaban J connectivity index is 1.50. The van der Waals surface area contributed by atoms with E-state index in [1.165, 1.54) is 12.1 Å². The van der Waals surface area contributed by atoms with E-state index < -0.39 is 30.3 Å². The van der Waals surface area contributed by atoms with Crippen LogP contribution in [0.3, 0.4) is 0 Å². The average Bonchev–Trinajstić information content (AvgIpc) is 3.24. The molecule has 0 spiro atoms. The second-order valence-corrected chi connectivity index (χ2v) is 6.53. The Morgan fingerprint density at radius 1 is 0.933 bits per heavy atom. The van der Waals surface area contributed by atoms with E-state index in [1.54, 1.807) is 43.3 Å². The Labute approximate surface area is 171 Å². The summed E-state index contributed by atoms with van der Waals surface area (Å²) in [6.45, 7) is 1.03. The number of carbonyl (C=O) groups excluding carboxylic acids is 4. The number of furan rings is 1. The van der Waals surface area contributed by atoms with Crippen molar-refractivity contribution in [3.8, 4) is 0 Å². The topological polar surface area (TPSA) is 103 Å². The van der Waals surface area contributed by atoms with Crippen molar-refractivity contribution in [3.63, 3.8) is 0 Å². The van der Waals surface area contributed by atoms with Crippen LogP contribution in [0.25, 0.3) is 11.0 Å². The molecule has 0 aliphatic carbocycles. The molecule has 1 aromatic heterocycles. The zero-order chi connectivity index (χ0) is 21.3. The summed E-state index contributed by atoms with van der Waals surface area (Å²) in [5, 5.41) is 0.606. The molecule has 152 valence electrons. The molecule has 8 nitrogen and oxygen atoms in total. The minimum absolute atomic E-state index is 0.0495. The van der Waals surface area contributed by atoms with Crippen LogP contribution in [0, 0.1) is 0 Å². The van der Waals surface area contributed by atoms with Gasteiger partial charge in [0.15, 0.2) is 0 Å². The number of esters is 2. The summed E-state index contributed by atoms with van der Waals surface area (Å²) in [6, 6.07) is 13.3. The van der Waals surface area contributed by atoms with Gasteiger partial charge in [-0.05, 0) is 25.1 Å². The van der Waals surface area contributed by atoms with Gasteiger partial charge in [-0.1, -0.05) is 30.3 Å². The van der Waals surface area contributed by atoms with Crippen molar-refractivity contribution in [2.75, 3.05) is 13.2 Å². The van der Waals surface area contributed by atoms with E-state index >= 15 is 0 Å². The maximum Gasteiger partial charge on any atom is 0.374 e. The smallest absolute Gasteiger partial charge is 0.374 e. The maximum atomic E-state index is 12.4. The maximum absolute atomic E-state index is 12.4. The molecule has 0 unspecified atom stereocenters. The molecule has 0 atom stereocenters. The van der Waals surface area contributed by atoms with Gasteiger partial charge in [0.05, 0.1) is 23.3 Å². The summed E-state index contributed by atoms with van der Waals surface area (Å²) in [7, 11) is 0. The Hall–Kier alpha value is -3.94. The number of rotatable bonds is 6. The zero-order valence-corrected chi connectivity index (χ0v) is 16.0. The summed E-state index contributed by atoms with van der Waals surface area (Å²) in [6.07, 6.45) is 0. The fourth-order valence-corrected chi connectivity index (χ4v) is 3.31. The van der Waals surface area contributed by atoms with Crippen LogP contribution in [0.2, 0.25) is 0 Å². The lowest BCUT2D eigenvalue weighted by molar-refractivity contribution is -0.145. The van der Waals surface area contributed by atoms with Gasteiger partial charge in [-0.15, -0.1) is 0 Å². The third-order valence-corrected chi connectivity index (χ3v) is 4.70. The van der Waals surface area contributed by atoms with Crippen molar-refractivity contribution in [2.24, 2.45) is 0 Å². The second-order valence-electron chi connectivity index (χ2n) is 6.53. The minimum Gasteiger partial charge on any atom is -0.460 e. The van der Waals surface area contributed by atoms with Crippen molar-refractivity contribution in [2.45, 2.75) is 13.5 Å². The number of fused-ring (bicyclic) bond motifs is 2. The van der Waals surface area contributed by atoms with Crippen LogP contribution in [-0.2, 0) is 20.9 Å². The normalized spacial score (nSPS) is 12.9. The molecule has 30 heavy (non-hydrogen) atoms. The van der Waals surface area contributed by atoms with E-state index in [1.807, 2.05) is 0 Å². The summed E-state index contributed by atoms with van der Waals surface area (Å²) in [5.74, 6) is -2.60. The summed E-state index contributed by atoms with van der Waals surface area (Å²) >= 11 is 0. The fraction of sp³-hybridized carbons (Fsp3) is 0.182. The van der Waals surface area contributed by atoms with Crippen molar-refractivity contribution < 1.29 is 33.1 Å². The highest BCUT2D eigenvalue weighted by atomic mass is 16.5. The molecular formula is C22H17NO7. The Morgan fingerprint density at radius 3 is 2.23 bits per heavy atom. The predicted octanol–water partition coefficient (Wildman–Crippen LogP) is 2.95. The van der Waals surface area contributed by atoms with Gasteiger partial charge >= 0.3 is 11.9 Å². The predicted molar refractivity (Wildman–Crippen MR) is 104 cm³/mol. The molecule has 8 heteroatoms. The van der Waals surface area contributed by atoms with E-state index in [-0.39, 0.29) is 30.1 Å². The lowest BCUT2D eigenvalue weighted by atomic mass is 10.1. The Kier molecular flexibility index (Phi) is 5.05. The van der Waals surface area contributed by atoms with Crippen LogP contribution in [0.1, 0.15) is 43.8 Å². The third kappa shape index (κ3) is 3.32. The molecule has 0 fully saturated rings. The monoisotopic (exact) mass is 407 g/mol. The second kappa shape index (κ2) is 7.82. The van der Waals surface area contributed by atoms with Crippen LogP contribution in [0.15, 0.2) is 52.9 Å². The van der Waals surface area contributed by atoms with E-state index in [4.69, 9.17) is 13.9 Å². The van der Waals surface area contributed by atoms with Crippen LogP contribution in [-0.4, -0.2) is 41.8 Å². The van der Waals surface area contributed by atoms with Crippen molar-refractivity contribution >= 4 is 34.7 Å². The van der Waals surface area contributed by atoms with Gasteiger partial charge in [0, 0.05) is 5.39 Å². The standard InChI is InChI=1S/C22H17NO7/c1-2-28-22(27)19-16(13-7-5-6-10-17(13)30-19)12-29-18(24)11-23-20(25)14-8-3-4-9-15(14)21(23)26/h3-10H,2,11-12H2,1H3. The van der Waals surface area contributed by atoms with Crippen molar-refractivity contribution in [3.05, 3.63) is 71.0 Å². The summed E-state index contributed by atoms with van der Waals surface area (Å²) in [4.78, 5) is 50.2. The number of para-hydroxylation sites is 1. The molecule has 0 saturated carbocycles. The van der Waals surface area contributed by atoms with Gasteiger partial charge < -0.3 is 13.9 Å². The largest absolute Gasteiger partial charge is 0.460 e. The first-order valence-corrected chi connectivity index (χ1v) is 9.29. The summed E-state index contributed by atoms with van der Waals surface area (Å²) in [5.41, 5.74) is 1.31. The van der Waals surface area contributed by atoms with Crippen LogP contribution in [0.5, 0.6) is 0 Å². The number of hydrogen-bond donors (Lipinski definition) is 0. The van der Waals surface area contributed by atoms with Crippen molar-refractivity contribution in [1.82, 2.24) is 4.90 Å². The number of imide groups is 1. The van der Waals surface area contributed by atoms with E-state index in [0.717, 1.165) is 4.90 Å². The molecule has 4 rings (SSSR count). The number of nitrogens with zero attached hydrogens (tertiary/aromatic N) is 1. The van der Waals surface area contributed by atoms with Crippen LogP contribution >= 0.6 is 0 Å². The number of benzene rings is 2. The average molecular weight is 407 g/mol. The summed E-state index contributed by atoms with van der Waals surface area (Å²) < 4.78 is 15.8. The molecule has 0 radical (unpaired) electrons. The first-order chi connectivity index (χ1) is 14.5. The SMILES string of the molecule is CCOC(=O)c1oc2ccccc2c1COC(=O)CN1C(=O)c2ccccc2C1=O. The van der Waals surface area contributed by atoms with Crippen molar-refractivity contribution in [1.29, 1.82) is 0 Å². The first-order valence-electron chi connectivity index (χ1n) is 9.29. The van der Waals surface area contributed by atoms with Gasteiger partial charge in [-0.25, -0.2) is 4.79 Å². The fourth-order valence-electron chi connectivity index (χ4n) is 3.31. The molecule has 0 saturated heterocycles. The molecule has 3 aromatic rings. The lowest BCUT2D eigenvalue weighted by Crippen LogP contribution is -2.35. The molecule has 1 aliphatic rings. The molecular weight excluding hydrogens is 390 g/mol. The molecule has 2 heterocycles. The van der Waals surface area contributed by atoms with Gasteiger partial charge in [0.2, 0.25) is 5.76 Å². The van der Waals surface area contributed by atoms with Gasteiger partial charge in [0.1, 0.15) is 18.7 Å². The van der Waals surface area contributed by atoms with E-state index in [0.29, 0.717) is 16.5 Å². The first kappa shape index (κ1) is 19.4. The quantitative estimate of drug-likeness (QED) is 0.457. The van der Waals surface area contributed by atoms with Gasteiger partial charge in [0.25, 0.3) is 11.8 Å². The molecule has 2 amide bonds. The highest BCUT2D eigenvalue weighted by Crippen LogP contribution is 2.28. The van der Waals surface area contributed by atoms with E-state index in [9.17, 15) is 19.2 Å². The zero-order valence-electron chi connectivity index (χ0n) is 16.0. The molecule has 0 N–H and O–H groups in total. The number of carbonyl (C=O) groups is 4. The van der Waals surface area contributed by atoms with Crippen LogP contribution in [0.4, 0.5) is 0 Å². The number of hydrogen-bond acceptors (Lipinski definition) is 7. The number of amides is 2. The van der Waals surface area contributed by atoms with Gasteiger partial charge in [-0.2, -0.15) is 0 Å². The Morgan fingerprint density at radius 2 is 1.57 bits per heavy atom.